The molecule has 18 heavy (non-hydrogen) atoms. The van der Waals surface area contributed by atoms with E-state index in [4.69, 9.17) is 23.8 Å². The van der Waals surface area contributed by atoms with Gasteiger partial charge in [-0.05, 0) is 36.8 Å². The van der Waals surface area contributed by atoms with Crippen LogP contribution >= 0.6 is 23.8 Å². The van der Waals surface area contributed by atoms with Crippen LogP contribution in [0.25, 0.3) is 11.0 Å². The average Bonchev–Trinajstić information content (AvgIpc) is 2.52. The largest absolute Gasteiger partial charge is 0.331 e. The van der Waals surface area contributed by atoms with E-state index in [1.807, 2.05) is 10.6 Å². The maximum absolute atomic E-state index is 11.1. The third-order valence-electron chi connectivity index (χ3n) is 2.63. The molecular formula is C11H13ClN2O2S2. The molecule has 2 rings (SSSR count). The molecule has 0 aliphatic heterocycles. The molecule has 0 radical (unpaired) electrons. The van der Waals surface area contributed by atoms with Gasteiger partial charge in [0.2, 0.25) is 0 Å². The SMILES string of the molecule is CS(=O)(=O)CCCn1c(=S)[nH]c2cc(Cl)ccc21. The zero-order valence-corrected chi connectivity index (χ0v) is 12.2. The number of benzene rings is 1. The van der Waals surface area contributed by atoms with Crippen LogP contribution in [0, 0.1) is 4.77 Å². The third kappa shape index (κ3) is 3.13. The van der Waals surface area contributed by atoms with Crippen molar-refractivity contribution in [2.45, 2.75) is 13.0 Å². The van der Waals surface area contributed by atoms with Gasteiger partial charge in [0.15, 0.2) is 4.77 Å². The van der Waals surface area contributed by atoms with Crippen LogP contribution in [-0.2, 0) is 16.4 Å². The van der Waals surface area contributed by atoms with Crippen molar-refractivity contribution in [2.75, 3.05) is 12.0 Å². The predicted molar refractivity (Wildman–Crippen MR) is 76.5 cm³/mol. The first-order valence-electron chi connectivity index (χ1n) is 5.42. The Morgan fingerprint density at radius 3 is 2.83 bits per heavy atom. The lowest BCUT2D eigenvalue weighted by Gasteiger charge is -2.03. The number of nitrogens with zero attached hydrogens (tertiary/aromatic N) is 1. The standard InChI is InChI=1S/C11H13ClN2O2S2/c1-18(15,16)6-2-5-14-10-4-3-8(12)7-9(10)13-11(14)17/h3-4,7H,2,5-6H2,1H3,(H,13,17). The van der Waals surface area contributed by atoms with Gasteiger partial charge in [0, 0.05) is 17.8 Å². The number of imidazole rings is 1. The van der Waals surface area contributed by atoms with Gasteiger partial charge in [-0.3, -0.25) is 0 Å². The summed E-state index contributed by atoms with van der Waals surface area (Å²) in [6, 6.07) is 5.48. The number of aromatic nitrogens is 2. The van der Waals surface area contributed by atoms with Gasteiger partial charge in [0.05, 0.1) is 16.8 Å². The molecule has 0 unspecified atom stereocenters. The van der Waals surface area contributed by atoms with Crippen LogP contribution in [-0.4, -0.2) is 30.0 Å². The molecule has 0 amide bonds. The number of rotatable bonds is 4. The second-order valence-electron chi connectivity index (χ2n) is 4.23. The van der Waals surface area contributed by atoms with E-state index in [-0.39, 0.29) is 5.75 Å². The summed E-state index contributed by atoms with van der Waals surface area (Å²) in [5, 5.41) is 0.641. The molecule has 1 aromatic heterocycles. The summed E-state index contributed by atoms with van der Waals surface area (Å²) in [4.78, 5) is 3.06. The Morgan fingerprint density at radius 2 is 2.17 bits per heavy atom. The maximum atomic E-state index is 11.1. The number of sulfone groups is 1. The van der Waals surface area contributed by atoms with Gasteiger partial charge in [0.25, 0.3) is 0 Å². The predicted octanol–water partition coefficient (Wildman–Crippen LogP) is 2.79. The highest BCUT2D eigenvalue weighted by atomic mass is 35.5. The lowest BCUT2D eigenvalue weighted by atomic mass is 10.3. The van der Waals surface area contributed by atoms with Crippen LogP contribution < -0.4 is 0 Å². The first kappa shape index (κ1) is 13.6. The van der Waals surface area contributed by atoms with Crippen molar-refractivity contribution in [3.05, 3.63) is 28.0 Å². The fourth-order valence-electron chi connectivity index (χ4n) is 1.84. The smallest absolute Gasteiger partial charge is 0.178 e. The number of nitrogens with one attached hydrogen (secondary N) is 1. The van der Waals surface area contributed by atoms with E-state index in [1.54, 1.807) is 12.1 Å². The number of hydrogen-bond donors (Lipinski definition) is 1. The highest BCUT2D eigenvalue weighted by Gasteiger charge is 2.07. The second-order valence-corrected chi connectivity index (χ2v) is 7.31. The van der Waals surface area contributed by atoms with Crippen molar-refractivity contribution in [2.24, 2.45) is 0 Å². The summed E-state index contributed by atoms with van der Waals surface area (Å²) in [5.74, 6) is 0.162. The molecule has 98 valence electrons. The van der Waals surface area contributed by atoms with Crippen LogP contribution in [0.2, 0.25) is 5.02 Å². The Labute approximate surface area is 115 Å². The quantitative estimate of drug-likeness (QED) is 0.884. The van der Waals surface area contributed by atoms with Gasteiger partial charge in [-0.25, -0.2) is 8.42 Å². The fraction of sp³-hybridized carbons (Fsp3) is 0.364. The number of halogens is 1. The summed E-state index contributed by atoms with van der Waals surface area (Å²) in [6.45, 7) is 0.577. The first-order valence-corrected chi connectivity index (χ1v) is 8.27. The molecule has 2 aromatic rings. The van der Waals surface area contributed by atoms with Gasteiger partial charge in [-0.1, -0.05) is 11.6 Å². The zero-order chi connectivity index (χ0) is 13.3. The highest BCUT2D eigenvalue weighted by Crippen LogP contribution is 2.19. The third-order valence-corrected chi connectivity index (χ3v) is 4.22. The number of H-pyrrole nitrogens is 1. The molecule has 0 aliphatic carbocycles. The Morgan fingerprint density at radius 1 is 1.44 bits per heavy atom. The van der Waals surface area contributed by atoms with Gasteiger partial charge in [-0.2, -0.15) is 0 Å². The van der Waals surface area contributed by atoms with E-state index in [0.717, 1.165) is 11.0 Å². The monoisotopic (exact) mass is 304 g/mol. The summed E-state index contributed by atoms with van der Waals surface area (Å²) in [5.41, 5.74) is 1.81. The lowest BCUT2D eigenvalue weighted by Crippen LogP contribution is -2.07. The van der Waals surface area contributed by atoms with Crippen LogP contribution in [0.15, 0.2) is 18.2 Å². The topological polar surface area (TPSA) is 54.9 Å². The summed E-state index contributed by atoms with van der Waals surface area (Å²) in [7, 11) is -2.93. The zero-order valence-electron chi connectivity index (χ0n) is 9.81. The van der Waals surface area contributed by atoms with Gasteiger partial charge >= 0.3 is 0 Å². The Bertz CT molecular complexity index is 731. The van der Waals surface area contributed by atoms with Crippen LogP contribution in [0.3, 0.4) is 0 Å². The Hall–Kier alpha value is -0.850. The minimum absolute atomic E-state index is 0.162. The van der Waals surface area contributed by atoms with E-state index in [1.165, 1.54) is 6.26 Å². The van der Waals surface area contributed by atoms with Crippen molar-refractivity contribution >= 4 is 44.7 Å². The number of aryl methyl sites for hydroxylation is 1. The molecule has 0 saturated heterocycles. The summed E-state index contributed by atoms with van der Waals surface area (Å²) in [6.07, 6.45) is 1.78. The fourth-order valence-corrected chi connectivity index (χ4v) is 2.97. The van der Waals surface area contributed by atoms with E-state index in [2.05, 4.69) is 4.98 Å². The average molecular weight is 305 g/mol. The summed E-state index contributed by atoms with van der Waals surface area (Å²) < 4.78 is 24.7. The summed E-state index contributed by atoms with van der Waals surface area (Å²) >= 11 is 11.1. The molecule has 4 nitrogen and oxygen atoms in total. The normalized spacial score (nSPS) is 12.1. The van der Waals surface area contributed by atoms with E-state index in [0.29, 0.717) is 22.8 Å². The Kier molecular flexibility index (Phi) is 3.79. The van der Waals surface area contributed by atoms with Crippen LogP contribution in [0.4, 0.5) is 0 Å². The molecule has 0 aliphatic rings. The van der Waals surface area contributed by atoms with Crippen molar-refractivity contribution in [1.29, 1.82) is 0 Å². The molecule has 0 bridgehead atoms. The minimum atomic E-state index is -2.93. The molecule has 7 heteroatoms. The van der Waals surface area contributed by atoms with E-state index in [9.17, 15) is 8.42 Å². The van der Waals surface area contributed by atoms with E-state index < -0.39 is 9.84 Å². The first-order chi connectivity index (χ1) is 8.37. The minimum Gasteiger partial charge on any atom is -0.331 e. The lowest BCUT2D eigenvalue weighted by molar-refractivity contribution is 0.592. The molecule has 0 saturated carbocycles. The molecule has 0 fully saturated rings. The van der Waals surface area contributed by atoms with Crippen molar-refractivity contribution in [3.63, 3.8) is 0 Å². The molecule has 0 atom stereocenters. The number of fused-ring (bicyclic) bond motifs is 1. The van der Waals surface area contributed by atoms with Gasteiger partial charge in [0.1, 0.15) is 9.84 Å². The molecule has 1 N–H and O–H groups in total. The van der Waals surface area contributed by atoms with Crippen LogP contribution in [0.5, 0.6) is 0 Å². The number of aromatic amines is 1. The van der Waals surface area contributed by atoms with Crippen molar-refractivity contribution in [3.8, 4) is 0 Å². The van der Waals surface area contributed by atoms with Crippen LogP contribution in [0.1, 0.15) is 6.42 Å². The molecule has 0 spiro atoms. The van der Waals surface area contributed by atoms with Crippen molar-refractivity contribution in [1.82, 2.24) is 9.55 Å². The molecule has 1 aromatic carbocycles. The maximum Gasteiger partial charge on any atom is 0.178 e. The number of hydrogen-bond acceptors (Lipinski definition) is 3. The Balaban J connectivity index is 2.28. The van der Waals surface area contributed by atoms with E-state index >= 15 is 0 Å². The second kappa shape index (κ2) is 5.03. The van der Waals surface area contributed by atoms with Gasteiger partial charge in [-0.15, -0.1) is 0 Å². The molecular weight excluding hydrogens is 292 g/mol. The molecule has 1 heterocycles. The highest BCUT2D eigenvalue weighted by molar-refractivity contribution is 7.90. The van der Waals surface area contributed by atoms with Gasteiger partial charge < -0.3 is 9.55 Å². The van der Waals surface area contributed by atoms with Crippen molar-refractivity contribution < 1.29 is 8.42 Å².